The number of amides is 2. The van der Waals surface area contributed by atoms with Gasteiger partial charge in [-0.05, 0) is 36.6 Å². The Hall–Kier alpha value is -2.97. The van der Waals surface area contributed by atoms with Gasteiger partial charge in [0.1, 0.15) is 0 Å². The molecule has 0 spiro atoms. The van der Waals surface area contributed by atoms with E-state index in [-0.39, 0.29) is 18.5 Å². The molecule has 8 heteroatoms. The topological polar surface area (TPSA) is 95.0 Å². The van der Waals surface area contributed by atoms with E-state index < -0.39 is 0 Å². The molecule has 1 fully saturated rings. The van der Waals surface area contributed by atoms with Crippen molar-refractivity contribution >= 4 is 12.5 Å². The zero-order chi connectivity index (χ0) is 22.6. The standard InChI is InChI=1S/C22H30N4O2.CH2O2/c1-17-6-7-18(2)20(15-17)21(19-5-4-8-23-16-19)24-22(27)25(3)9-10-26-11-13-28-14-12-26;2-1-3/h4-8,15-16,21H,9-14H2,1-3H3,(H,24,27);1H,(H,2,3). The minimum absolute atomic E-state index is 0.0805. The summed E-state index contributed by atoms with van der Waals surface area (Å²) in [4.78, 5) is 29.6. The van der Waals surface area contributed by atoms with Crippen LogP contribution in [0.1, 0.15) is 28.3 Å². The number of aromatic nitrogens is 1. The molecule has 0 saturated carbocycles. The molecule has 8 nitrogen and oxygen atoms in total. The number of morpholine rings is 1. The van der Waals surface area contributed by atoms with Crippen molar-refractivity contribution in [2.45, 2.75) is 19.9 Å². The summed E-state index contributed by atoms with van der Waals surface area (Å²) in [6.45, 7) is 8.82. The van der Waals surface area contributed by atoms with E-state index in [1.54, 1.807) is 11.1 Å². The summed E-state index contributed by atoms with van der Waals surface area (Å²) in [5, 5.41) is 10.1. The van der Waals surface area contributed by atoms with Gasteiger partial charge >= 0.3 is 6.03 Å². The molecular formula is C23H32N4O4. The number of benzene rings is 1. The van der Waals surface area contributed by atoms with Crippen LogP contribution in [0, 0.1) is 13.8 Å². The van der Waals surface area contributed by atoms with Gasteiger partial charge < -0.3 is 20.1 Å². The van der Waals surface area contributed by atoms with Crippen molar-refractivity contribution in [1.29, 1.82) is 0 Å². The first kappa shape index (κ1) is 24.3. The van der Waals surface area contributed by atoms with Crippen LogP contribution < -0.4 is 5.32 Å². The van der Waals surface area contributed by atoms with Gasteiger partial charge in [0.25, 0.3) is 6.47 Å². The van der Waals surface area contributed by atoms with Crippen LogP contribution in [0.3, 0.4) is 0 Å². The first-order valence-corrected chi connectivity index (χ1v) is 10.3. The van der Waals surface area contributed by atoms with Crippen molar-refractivity contribution in [3.63, 3.8) is 0 Å². The smallest absolute Gasteiger partial charge is 0.317 e. The molecule has 2 N–H and O–H groups in total. The number of nitrogens with one attached hydrogen (secondary N) is 1. The molecule has 1 saturated heterocycles. The zero-order valence-corrected chi connectivity index (χ0v) is 18.5. The Balaban J connectivity index is 0.00000107. The van der Waals surface area contributed by atoms with Crippen LogP contribution in [0.25, 0.3) is 0 Å². The van der Waals surface area contributed by atoms with Gasteiger partial charge in [-0.3, -0.25) is 14.7 Å². The first-order chi connectivity index (χ1) is 15.0. The molecule has 1 aliphatic rings. The average Bonchev–Trinajstić information content (AvgIpc) is 2.79. The molecule has 2 aromatic rings. The maximum absolute atomic E-state index is 12.9. The number of hydrogen-bond acceptors (Lipinski definition) is 5. The van der Waals surface area contributed by atoms with Gasteiger partial charge in [0.05, 0.1) is 19.3 Å². The second-order valence-corrected chi connectivity index (χ2v) is 7.51. The fraction of sp³-hybridized carbons (Fsp3) is 0.435. The number of urea groups is 1. The highest BCUT2D eigenvalue weighted by molar-refractivity contribution is 5.75. The third-order valence-corrected chi connectivity index (χ3v) is 5.23. The van der Waals surface area contributed by atoms with Gasteiger partial charge in [0, 0.05) is 45.6 Å². The van der Waals surface area contributed by atoms with E-state index >= 15 is 0 Å². The normalized spacial score (nSPS) is 14.7. The lowest BCUT2D eigenvalue weighted by atomic mass is 9.94. The molecule has 0 radical (unpaired) electrons. The Morgan fingerprint density at radius 2 is 2.03 bits per heavy atom. The van der Waals surface area contributed by atoms with Crippen molar-refractivity contribution in [1.82, 2.24) is 20.1 Å². The molecular weight excluding hydrogens is 396 g/mol. The summed E-state index contributed by atoms with van der Waals surface area (Å²) in [5.41, 5.74) is 4.40. The molecule has 1 unspecified atom stereocenters. The number of rotatable bonds is 6. The summed E-state index contributed by atoms with van der Waals surface area (Å²) in [6.07, 6.45) is 3.57. The Bertz CT molecular complexity index is 826. The SMILES string of the molecule is Cc1ccc(C)c(C(NC(=O)N(C)CCN2CCOCC2)c2cccnc2)c1.O=CO. The number of nitrogens with zero attached hydrogens (tertiary/aromatic N) is 3. The Kier molecular flexibility index (Phi) is 9.93. The number of aryl methyl sites for hydroxylation is 2. The quantitative estimate of drug-likeness (QED) is 0.687. The minimum atomic E-state index is -0.250. The van der Waals surface area contributed by atoms with Gasteiger partial charge in [0.15, 0.2) is 0 Å². The Morgan fingerprint density at radius 3 is 2.68 bits per heavy atom. The van der Waals surface area contributed by atoms with E-state index in [9.17, 15) is 4.79 Å². The number of hydrogen-bond donors (Lipinski definition) is 2. The van der Waals surface area contributed by atoms with Crippen LogP contribution in [0.2, 0.25) is 0 Å². The van der Waals surface area contributed by atoms with Crippen LogP contribution in [-0.2, 0) is 9.53 Å². The van der Waals surface area contributed by atoms with Crippen LogP contribution in [0.15, 0.2) is 42.7 Å². The fourth-order valence-electron chi connectivity index (χ4n) is 3.41. The highest BCUT2D eigenvalue weighted by Crippen LogP contribution is 2.25. The summed E-state index contributed by atoms with van der Waals surface area (Å²) in [7, 11) is 1.85. The molecule has 1 aromatic carbocycles. The maximum Gasteiger partial charge on any atom is 0.317 e. The zero-order valence-electron chi connectivity index (χ0n) is 18.5. The molecule has 3 rings (SSSR count). The largest absolute Gasteiger partial charge is 0.483 e. The van der Waals surface area contributed by atoms with Crippen molar-refractivity contribution in [3.05, 3.63) is 65.0 Å². The number of ether oxygens (including phenoxy) is 1. The van der Waals surface area contributed by atoms with E-state index in [0.717, 1.165) is 49.5 Å². The van der Waals surface area contributed by atoms with Gasteiger partial charge in [-0.1, -0.05) is 29.8 Å². The second-order valence-electron chi connectivity index (χ2n) is 7.51. The van der Waals surface area contributed by atoms with E-state index in [0.29, 0.717) is 6.54 Å². The van der Waals surface area contributed by atoms with Crippen LogP contribution >= 0.6 is 0 Å². The van der Waals surface area contributed by atoms with Gasteiger partial charge in [-0.25, -0.2) is 4.79 Å². The van der Waals surface area contributed by atoms with Crippen molar-refractivity contribution in [3.8, 4) is 0 Å². The van der Waals surface area contributed by atoms with Gasteiger partial charge in [-0.15, -0.1) is 0 Å². The Morgan fingerprint density at radius 1 is 1.32 bits per heavy atom. The molecule has 1 aromatic heterocycles. The summed E-state index contributed by atoms with van der Waals surface area (Å²) < 4.78 is 5.38. The van der Waals surface area contributed by atoms with Crippen LogP contribution in [0.5, 0.6) is 0 Å². The number of carboxylic acid groups (broad SMARTS) is 1. The third-order valence-electron chi connectivity index (χ3n) is 5.23. The molecule has 168 valence electrons. The maximum atomic E-state index is 12.9. The molecule has 2 amide bonds. The number of carbonyl (C=O) groups excluding carboxylic acids is 1. The van der Waals surface area contributed by atoms with Crippen molar-refractivity contribution in [2.75, 3.05) is 46.4 Å². The molecule has 0 aliphatic carbocycles. The number of likely N-dealkylation sites (N-methyl/N-ethyl adjacent to an activating group) is 1. The minimum Gasteiger partial charge on any atom is -0.483 e. The van der Waals surface area contributed by atoms with Crippen LogP contribution in [-0.4, -0.2) is 78.8 Å². The predicted molar refractivity (Wildman–Crippen MR) is 119 cm³/mol. The van der Waals surface area contributed by atoms with Crippen molar-refractivity contribution < 1.29 is 19.4 Å². The molecule has 2 heterocycles. The van der Waals surface area contributed by atoms with Gasteiger partial charge in [-0.2, -0.15) is 0 Å². The lowest BCUT2D eigenvalue weighted by Crippen LogP contribution is -2.45. The Labute approximate surface area is 183 Å². The van der Waals surface area contributed by atoms with E-state index in [4.69, 9.17) is 14.6 Å². The summed E-state index contributed by atoms with van der Waals surface area (Å²) in [6, 6.07) is 9.93. The second kappa shape index (κ2) is 12.7. The summed E-state index contributed by atoms with van der Waals surface area (Å²) >= 11 is 0. The third kappa shape index (κ3) is 7.66. The molecule has 0 bridgehead atoms. The molecule has 31 heavy (non-hydrogen) atoms. The predicted octanol–water partition coefficient (Wildman–Crippen LogP) is 2.46. The van der Waals surface area contributed by atoms with Gasteiger partial charge in [0.2, 0.25) is 0 Å². The number of pyridine rings is 1. The number of carbonyl (C=O) groups is 2. The highest BCUT2D eigenvalue weighted by atomic mass is 16.5. The highest BCUT2D eigenvalue weighted by Gasteiger charge is 2.21. The molecule has 1 atom stereocenters. The fourth-order valence-corrected chi connectivity index (χ4v) is 3.41. The average molecular weight is 429 g/mol. The monoisotopic (exact) mass is 428 g/mol. The van der Waals surface area contributed by atoms with Crippen molar-refractivity contribution in [2.24, 2.45) is 0 Å². The lowest BCUT2D eigenvalue weighted by Gasteiger charge is -2.30. The first-order valence-electron chi connectivity index (χ1n) is 10.3. The summed E-state index contributed by atoms with van der Waals surface area (Å²) in [5.74, 6) is 0. The van der Waals surface area contributed by atoms with Crippen LogP contribution in [0.4, 0.5) is 4.79 Å². The van der Waals surface area contributed by atoms with E-state index in [1.165, 1.54) is 5.56 Å². The van der Waals surface area contributed by atoms with E-state index in [1.807, 2.05) is 25.4 Å². The lowest BCUT2D eigenvalue weighted by molar-refractivity contribution is -0.122. The molecule has 1 aliphatic heterocycles. The van der Waals surface area contributed by atoms with E-state index in [2.05, 4.69) is 47.2 Å².